The maximum Gasteiger partial charge on any atom is 0.344 e. The topological polar surface area (TPSA) is 115 Å². The Morgan fingerprint density at radius 2 is 1.75 bits per heavy atom. The van der Waals surface area contributed by atoms with E-state index in [2.05, 4.69) is 0 Å². The number of hydrogen-bond donors (Lipinski definition) is 4. The molecule has 0 radical (unpaired) electrons. The van der Waals surface area contributed by atoms with E-state index in [4.69, 9.17) is 10.2 Å². The molecule has 6 nitrogen and oxygen atoms in total. The van der Waals surface area contributed by atoms with Crippen molar-refractivity contribution in [2.24, 2.45) is 0 Å². The minimum Gasteiger partial charge on any atom is -0.479 e. The molecule has 4 N–H and O–H groups in total. The van der Waals surface area contributed by atoms with Crippen molar-refractivity contribution in [3.63, 3.8) is 0 Å². The second kappa shape index (κ2) is 3.73. The third-order valence-electron chi connectivity index (χ3n) is 2.51. The molecule has 6 heteroatoms. The summed E-state index contributed by atoms with van der Waals surface area (Å²) in [7, 11) is 0. The van der Waals surface area contributed by atoms with Crippen LogP contribution in [0, 0.1) is 0 Å². The van der Waals surface area contributed by atoms with Gasteiger partial charge in [0.1, 0.15) is 0 Å². The van der Waals surface area contributed by atoms with Crippen LogP contribution < -0.4 is 0 Å². The number of carboxylic acid groups (broad SMARTS) is 2. The molecule has 0 saturated carbocycles. The highest BCUT2D eigenvalue weighted by molar-refractivity contribution is 5.89. The maximum atomic E-state index is 10.9. The quantitative estimate of drug-likeness (QED) is 0.485. The van der Waals surface area contributed by atoms with Gasteiger partial charge in [-0.15, -0.1) is 0 Å². The van der Waals surface area contributed by atoms with Crippen LogP contribution in [0.15, 0.2) is 23.8 Å². The molecule has 2 unspecified atom stereocenters. The summed E-state index contributed by atoms with van der Waals surface area (Å²) in [6, 6.07) is 0. The number of carboxylic acids is 2. The van der Waals surface area contributed by atoms with Gasteiger partial charge in [-0.25, -0.2) is 9.59 Å². The Morgan fingerprint density at radius 3 is 2.12 bits per heavy atom. The normalized spacial score (nSPS) is 33.3. The molecule has 0 spiro atoms. The van der Waals surface area contributed by atoms with E-state index in [-0.39, 0.29) is 12.0 Å². The number of aliphatic hydroxyl groups is 2. The van der Waals surface area contributed by atoms with Crippen LogP contribution in [-0.2, 0) is 9.59 Å². The van der Waals surface area contributed by atoms with E-state index in [0.29, 0.717) is 0 Å². The molecule has 88 valence electrons. The lowest BCUT2D eigenvalue weighted by molar-refractivity contribution is -0.153. The summed E-state index contributed by atoms with van der Waals surface area (Å²) in [5.41, 5.74) is -4.56. The first-order chi connectivity index (χ1) is 7.26. The first kappa shape index (κ1) is 12.4. The molecular weight excluding hydrogens is 216 g/mol. The number of carbonyl (C=O) groups is 2. The summed E-state index contributed by atoms with van der Waals surface area (Å²) in [5, 5.41) is 36.9. The SMILES string of the molecule is CCC1=CC(O)(C(=O)O)C=CC1(O)C(=O)O. The van der Waals surface area contributed by atoms with E-state index >= 15 is 0 Å². The maximum absolute atomic E-state index is 10.9. The number of aliphatic carboxylic acids is 2. The first-order valence-electron chi connectivity index (χ1n) is 4.60. The molecule has 1 aliphatic carbocycles. The Morgan fingerprint density at radius 1 is 1.19 bits per heavy atom. The molecule has 0 amide bonds. The van der Waals surface area contributed by atoms with Gasteiger partial charge in [-0.2, -0.15) is 0 Å². The minimum atomic E-state index is -2.26. The van der Waals surface area contributed by atoms with Gasteiger partial charge in [0.2, 0.25) is 5.60 Å². The fourth-order valence-electron chi connectivity index (χ4n) is 1.49. The van der Waals surface area contributed by atoms with Crippen LogP contribution in [-0.4, -0.2) is 43.6 Å². The van der Waals surface area contributed by atoms with Crippen molar-refractivity contribution >= 4 is 11.9 Å². The summed E-state index contributed by atoms with van der Waals surface area (Å²) in [5.74, 6) is -3.04. The van der Waals surface area contributed by atoms with Crippen molar-refractivity contribution in [1.29, 1.82) is 0 Å². The highest BCUT2D eigenvalue weighted by Gasteiger charge is 2.45. The summed E-state index contributed by atoms with van der Waals surface area (Å²) in [4.78, 5) is 21.6. The molecule has 0 saturated heterocycles. The van der Waals surface area contributed by atoms with Gasteiger partial charge in [0.05, 0.1) is 0 Å². The second-order valence-corrected chi connectivity index (χ2v) is 3.56. The van der Waals surface area contributed by atoms with Gasteiger partial charge in [-0.05, 0) is 30.2 Å². The van der Waals surface area contributed by atoms with Crippen LogP contribution >= 0.6 is 0 Å². The van der Waals surface area contributed by atoms with Crippen LogP contribution in [0.4, 0.5) is 0 Å². The predicted octanol–water partition coefficient (Wildman–Crippen LogP) is -0.476. The lowest BCUT2D eigenvalue weighted by Gasteiger charge is -2.30. The average Bonchev–Trinajstić information content (AvgIpc) is 2.21. The van der Waals surface area contributed by atoms with Gasteiger partial charge < -0.3 is 20.4 Å². The largest absolute Gasteiger partial charge is 0.479 e. The van der Waals surface area contributed by atoms with Gasteiger partial charge in [0, 0.05) is 0 Å². The Balaban J connectivity index is 3.26. The van der Waals surface area contributed by atoms with Crippen LogP contribution in [0.25, 0.3) is 0 Å². The molecule has 0 aliphatic heterocycles. The Labute approximate surface area is 91.1 Å². The lowest BCUT2D eigenvalue weighted by atomic mass is 9.81. The Hall–Kier alpha value is -1.66. The number of rotatable bonds is 3. The van der Waals surface area contributed by atoms with Crippen molar-refractivity contribution in [3.8, 4) is 0 Å². The summed E-state index contributed by atoms with van der Waals surface area (Å²) in [6.07, 6.45) is 2.50. The molecule has 1 aliphatic rings. The molecule has 0 fully saturated rings. The Kier molecular flexibility index (Phi) is 2.89. The molecular formula is C10H12O6. The number of hydrogen-bond acceptors (Lipinski definition) is 4. The van der Waals surface area contributed by atoms with Gasteiger partial charge >= 0.3 is 11.9 Å². The molecule has 0 heterocycles. The molecule has 0 aromatic heterocycles. The van der Waals surface area contributed by atoms with Crippen LogP contribution in [0.1, 0.15) is 13.3 Å². The minimum absolute atomic E-state index is 0.0626. The first-order valence-corrected chi connectivity index (χ1v) is 4.60. The molecule has 2 atom stereocenters. The molecule has 0 aromatic carbocycles. The van der Waals surface area contributed by atoms with Crippen molar-refractivity contribution in [3.05, 3.63) is 23.8 Å². The summed E-state index contributed by atoms with van der Waals surface area (Å²) >= 11 is 0. The zero-order valence-corrected chi connectivity index (χ0v) is 8.54. The van der Waals surface area contributed by atoms with E-state index < -0.39 is 23.1 Å². The van der Waals surface area contributed by atoms with E-state index in [0.717, 1.165) is 18.2 Å². The third-order valence-corrected chi connectivity index (χ3v) is 2.51. The smallest absolute Gasteiger partial charge is 0.344 e. The Bertz CT molecular complexity index is 396. The lowest BCUT2D eigenvalue weighted by Crippen LogP contribution is -2.46. The molecule has 16 heavy (non-hydrogen) atoms. The highest BCUT2D eigenvalue weighted by Crippen LogP contribution is 2.31. The van der Waals surface area contributed by atoms with Gasteiger partial charge in [0.25, 0.3) is 0 Å². The third kappa shape index (κ3) is 1.72. The monoisotopic (exact) mass is 228 g/mol. The van der Waals surface area contributed by atoms with Gasteiger partial charge in [-0.3, -0.25) is 0 Å². The fourth-order valence-corrected chi connectivity index (χ4v) is 1.49. The average molecular weight is 228 g/mol. The van der Waals surface area contributed by atoms with E-state index in [1.807, 2.05) is 0 Å². The standard InChI is InChI=1S/C10H12O6/c1-2-6-5-9(15,7(11)12)3-4-10(6,16)8(13)14/h3-5,15-16H,2H2,1H3,(H,11,12)(H,13,14). The summed E-state index contributed by atoms with van der Waals surface area (Å²) < 4.78 is 0. The zero-order chi connectivity index (χ0) is 12.6. The molecule has 0 aromatic rings. The van der Waals surface area contributed by atoms with Crippen molar-refractivity contribution in [2.45, 2.75) is 24.5 Å². The van der Waals surface area contributed by atoms with Crippen molar-refractivity contribution in [1.82, 2.24) is 0 Å². The summed E-state index contributed by atoms with van der Waals surface area (Å²) in [6.45, 7) is 1.56. The van der Waals surface area contributed by atoms with E-state index in [1.165, 1.54) is 0 Å². The zero-order valence-electron chi connectivity index (χ0n) is 8.54. The van der Waals surface area contributed by atoms with E-state index in [9.17, 15) is 19.8 Å². The van der Waals surface area contributed by atoms with Gasteiger partial charge in [-0.1, -0.05) is 6.92 Å². The molecule has 1 rings (SSSR count). The van der Waals surface area contributed by atoms with Gasteiger partial charge in [0.15, 0.2) is 5.60 Å². The second-order valence-electron chi connectivity index (χ2n) is 3.56. The van der Waals surface area contributed by atoms with Crippen molar-refractivity contribution < 1.29 is 30.0 Å². The van der Waals surface area contributed by atoms with Crippen LogP contribution in [0.3, 0.4) is 0 Å². The van der Waals surface area contributed by atoms with E-state index in [1.54, 1.807) is 6.92 Å². The van der Waals surface area contributed by atoms with Crippen LogP contribution in [0.2, 0.25) is 0 Å². The van der Waals surface area contributed by atoms with Crippen molar-refractivity contribution in [2.75, 3.05) is 0 Å². The van der Waals surface area contributed by atoms with Crippen LogP contribution in [0.5, 0.6) is 0 Å². The highest BCUT2D eigenvalue weighted by atomic mass is 16.4. The molecule has 0 bridgehead atoms. The predicted molar refractivity (Wildman–Crippen MR) is 52.7 cm³/mol. The fraction of sp³-hybridized carbons (Fsp3) is 0.400.